The van der Waals surface area contributed by atoms with Crippen molar-refractivity contribution in [3.8, 4) is 0 Å². The van der Waals surface area contributed by atoms with E-state index in [4.69, 9.17) is 0 Å². The average Bonchev–Trinajstić information content (AvgIpc) is 1.65. The standard InChI is InChI=1S/C5H11NOS/c1-3-5(7)6-4(2)8/h4,8H,3H2,1-2H3,(H,6,7). The molecule has 0 aliphatic carbocycles. The minimum absolute atomic E-state index is 0.0255. The number of carbonyl (C=O) groups excluding carboxylic acids is 1. The van der Waals surface area contributed by atoms with Crippen LogP contribution in [0.1, 0.15) is 20.3 Å². The molecule has 48 valence electrons. The fraction of sp³-hybridized carbons (Fsp3) is 0.800. The Morgan fingerprint density at radius 2 is 2.38 bits per heavy atom. The lowest BCUT2D eigenvalue weighted by molar-refractivity contribution is -0.120. The van der Waals surface area contributed by atoms with Crippen LogP contribution in [0.2, 0.25) is 0 Å². The molecule has 0 aromatic carbocycles. The molecular weight excluding hydrogens is 122 g/mol. The first-order valence-corrected chi connectivity index (χ1v) is 3.16. The lowest BCUT2D eigenvalue weighted by Gasteiger charge is -2.03. The molecule has 0 aromatic heterocycles. The summed E-state index contributed by atoms with van der Waals surface area (Å²) in [5.74, 6) is 0.0486. The largest absolute Gasteiger partial charge is 0.345 e. The SMILES string of the molecule is CCC(=O)NC(C)S. The Balaban J connectivity index is 3.25. The van der Waals surface area contributed by atoms with Crippen molar-refractivity contribution in [3.05, 3.63) is 0 Å². The maximum Gasteiger partial charge on any atom is 0.220 e. The lowest BCUT2D eigenvalue weighted by atomic mass is 10.4. The van der Waals surface area contributed by atoms with E-state index in [1.165, 1.54) is 0 Å². The van der Waals surface area contributed by atoms with Gasteiger partial charge in [0.05, 0.1) is 5.37 Å². The maximum absolute atomic E-state index is 10.5. The van der Waals surface area contributed by atoms with E-state index in [-0.39, 0.29) is 11.3 Å². The summed E-state index contributed by atoms with van der Waals surface area (Å²) in [6, 6.07) is 0. The van der Waals surface area contributed by atoms with Crippen LogP contribution < -0.4 is 5.32 Å². The van der Waals surface area contributed by atoms with Gasteiger partial charge in [-0.15, -0.1) is 0 Å². The van der Waals surface area contributed by atoms with Crippen molar-refractivity contribution in [3.63, 3.8) is 0 Å². The van der Waals surface area contributed by atoms with Gasteiger partial charge in [-0.1, -0.05) is 6.92 Å². The molecule has 0 radical (unpaired) electrons. The van der Waals surface area contributed by atoms with Gasteiger partial charge < -0.3 is 5.32 Å². The first kappa shape index (κ1) is 7.82. The predicted octanol–water partition coefficient (Wildman–Crippen LogP) is 0.788. The minimum atomic E-state index is -0.0255. The molecular formula is C5H11NOS. The Morgan fingerprint density at radius 1 is 1.88 bits per heavy atom. The number of nitrogens with one attached hydrogen (secondary N) is 1. The monoisotopic (exact) mass is 133 g/mol. The van der Waals surface area contributed by atoms with Gasteiger partial charge in [-0.2, -0.15) is 12.6 Å². The van der Waals surface area contributed by atoms with E-state index in [2.05, 4.69) is 17.9 Å². The second-order valence-electron chi connectivity index (χ2n) is 1.60. The zero-order valence-electron chi connectivity index (χ0n) is 5.14. The highest BCUT2D eigenvalue weighted by atomic mass is 32.1. The van der Waals surface area contributed by atoms with E-state index in [9.17, 15) is 4.79 Å². The van der Waals surface area contributed by atoms with Gasteiger partial charge in [-0.25, -0.2) is 0 Å². The molecule has 1 amide bonds. The molecule has 0 rings (SSSR count). The third-order valence-electron chi connectivity index (χ3n) is 0.691. The van der Waals surface area contributed by atoms with Crippen LogP contribution in [0.5, 0.6) is 0 Å². The highest BCUT2D eigenvalue weighted by molar-refractivity contribution is 7.80. The second-order valence-corrected chi connectivity index (χ2v) is 2.37. The number of rotatable bonds is 2. The molecule has 2 nitrogen and oxygen atoms in total. The topological polar surface area (TPSA) is 29.1 Å². The normalized spacial score (nSPS) is 12.9. The van der Waals surface area contributed by atoms with Crippen molar-refractivity contribution in [1.82, 2.24) is 5.32 Å². The molecule has 3 heteroatoms. The summed E-state index contributed by atoms with van der Waals surface area (Å²) in [5, 5.41) is 2.59. The molecule has 0 saturated heterocycles. The molecule has 1 unspecified atom stereocenters. The van der Waals surface area contributed by atoms with Gasteiger partial charge in [0.1, 0.15) is 0 Å². The van der Waals surface area contributed by atoms with Crippen molar-refractivity contribution in [2.75, 3.05) is 0 Å². The number of amides is 1. The van der Waals surface area contributed by atoms with Crippen LogP contribution >= 0.6 is 12.6 Å². The van der Waals surface area contributed by atoms with E-state index >= 15 is 0 Å². The molecule has 0 fully saturated rings. The molecule has 0 saturated carbocycles. The van der Waals surface area contributed by atoms with Crippen molar-refractivity contribution in [1.29, 1.82) is 0 Å². The zero-order valence-corrected chi connectivity index (χ0v) is 6.03. The first-order chi connectivity index (χ1) is 3.66. The summed E-state index contributed by atoms with van der Waals surface area (Å²) in [6.07, 6.45) is 0.533. The summed E-state index contributed by atoms with van der Waals surface area (Å²) >= 11 is 3.96. The van der Waals surface area contributed by atoms with Crippen molar-refractivity contribution < 1.29 is 4.79 Å². The molecule has 1 N–H and O–H groups in total. The van der Waals surface area contributed by atoms with Crippen LogP contribution in [0, 0.1) is 0 Å². The second kappa shape index (κ2) is 3.78. The number of carbonyl (C=O) groups is 1. The van der Waals surface area contributed by atoms with E-state index in [1.807, 2.05) is 13.8 Å². The lowest BCUT2D eigenvalue weighted by Crippen LogP contribution is -2.27. The van der Waals surface area contributed by atoms with Crippen LogP contribution in [0.3, 0.4) is 0 Å². The first-order valence-electron chi connectivity index (χ1n) is 2.64. The fourth-order valence-corrected chi connectivity index (χ4v) is 0.479. The fourth-order valence-electron chi connectivity index (χ4n) is 0.335. The Kier molecular flexibility index (Phi) is 3.69. The van der Waals surface area contributed by atoms with Crippen molar-refractivity contribution in [2.24, 2.45) is 0 Å². The van der Waals surface area contributed by atoms with Crippen LogP contribution in [0.25, 0.3) is 0 Å². The van der Waals surface area contributed by atoms with Gasteiger partial charge in [-0.3, -0.25) is 4.79 Å². The van der Waals surface area contributed by atoms with E-state index in [0.717, 1.165) is 0 Å². The van der Waals surface area contributed by atoms with Gasteiger partial charge in [0.2, 0.25) is 5.91 Å². The van der Waals surface area contributed by atoms with Gasteiger partial charge >= 0.3 is 0 Å². The zero-order chi connectivity index (χ0) is 6.57. The maximum atomic E-state index is 10.5. The molecule has 0 aromatic rings. The highest BCUT2D eigenvalue weighted by Crippen LogP contribution is 1.86. The highest BCUT2D eigenvalue weighted by Gasteiger charge is 1.96. The average molecular weight is 133 g/mol. The molecule has 1 atom stereocenters. The smallest absolute Gasteiger partial charge is 0.220 e. The van der Waals surface area contributed by atoms with Crippen LogP contribution in [0.15, 0.2) is 0 Å². The Labute approximate surface area is 55.1 Å². The Hall–Kier alpha value is -0.180. The summed E-state index contributed by atoms with van der Waals surface area (Å²) in [4.78, 5) is 10.5. The van der Waals surface area contributed by atoms with E-state index in [1.54, 1.807) is 0 Å². The molecule has 0 aliphatic heterocycles. The van der Waals surface area contributed by atoms with Gasteiger partial charge in [-0.05, 0) is 6.92 Å². The third kappa shape index (κ3) is 3.99. The number of hydrogen-bond acceptors (Lipinski definition) is 2. The molecule has 0 spiro atoms. The minimum Gasteiger partial charge on any atom is -0.345 e. The summed E-state index contributed by atoms with van der Waals surface area (Å²) in [6.45, 7) is 3.63. The summed E-state index contributed by atoms with van der Waals surface area (Å²) < 4.78 is 0. The number of hydrogen-bond donors (Lipinski definition) is 2. The quantitative estimate of drug-likeness (QED) is 0.423. The van der Waals surface area contributed by atoms with Crippen LogP contribution in [0.4, 0.5) is 0 Å². The summed E-state index contributed by atoms with van der Waals surface area (Å²) in [7, 11) is 0. The summed E-state index contributed by atoms with van der Waals surface area (Å²) in [5.41, 5.74) is 0. The van der Waals surface area contributed by atoms with E-state index in [0.29, 0.717) is 6.42 Å². The molecule has 0 heterocycles. The van der Waals surface area contributed by atoms with E-state index < -0.39 is 0 Å². The molecule has 0 bridgehead atoms. The van der Waals surface area contributed by atoms with Gasteiger partial charge in [0.15, 0.2) is 0 Å². The Morgan fingerprint density at radius 3 is 2.50 bits per heavy atom. The van der Waals surface area contributed by atoms with Crippen molar-refractivity contribution >= 4 is 18.5 Å². The predicted molar refractivity (Wildman–Crippen MR) is 36.9 cm³/mol. The van der Waals surface area contributed by atoms with Gasteiger partial charge in [0, 0.05) is 6.42 Å². The third-order valence-corrected chi connectivity index (χ3v) is 0.820. The van der Waals surface area contributed by atoms with Crippen LogP contribution in [-0.4, -0.2) is 11.3 Å². The molecule has 8 heavy (non-hydrogen) atoms. The Bertz CT molecular complexity index is 82.5. The van der Waals surface area contributed by atoms with Crippen molar-refractivity contribution in [2.45, 2.75) is 25.6 Å². The van der Waals surface area contributed by atoms with Gasteiger partial charge in [0.25, 0.3) is 0 Å². The number of thiol groups is 1. The molecule has 0 aliphatic rings. The van der Waals surface area contributed by atoms with Crippen LogP contribution in [-0.2, 0) is 4.79 Å².